The molecule has 1 atom stereocenters. The molecule has 2 aromatic carbocycles. The van der Waals surface area contributed by atoms with E-state index in [0.29, 0.717) is 6.42 Å². The highest BCUT2D eigenvalue weighted by atomic mass is 16.5. The predicted molar refractivity (Wildman–Crippen MR) is 91.1 cm³/mol. The van der Waals surface area contributed by atoms with Gasteiger partial charge in [-0.2, -0.15) is 0 Å². The fourth-order valence-electron chi connectivity index (χ4n) is 2.58. The van der Waals surface area contributed by atoms with Crippen molar-refractivity contribution in [2.75, 3.05) is 7.11 Å². The molecule has 0 aromatic heterocycles. The van der Waals surface area contributed by atoms with Crippen LogP contribution in [0.25, 0.3) is 10.8 Å². The first-order chi connectivity index (χ1) is 11.1. The zero-order valence-corrected chi connectivity index (χ0v) is 13.7. The summed E-state index contributed by atoms with van der Waals surface area (Å²) in [7, 11) is 1.34. The topological polar surface area (TPSA) is 55.4 Å². The SMILES string of the molecule is CCCC[C@H](NC(=O)Cc1ccc2ccccc2c1)C(=O)OC. The van der Waals surface area contributed by atoms with Crippen molar-refractivity contribution < 1.29 is 14.3 Å². The van der Waals surface area contributed by atoms with E-state index in [1.165, 1.54) is 7.11 Å². The number of ether oxygens (including phenoxy) is 1. The van der Waals surface area contributed by atoms with Crippen molar-refractivity contribution in [3.05, 3.63) is 48.0 Å². The van der Waals surface area contributed by atoms with Crippen LogP contribution in [0.5, 0.6) is 0 Å². The minimum absolute atomic E-state index is 0.160. The second kappa shape index (κ2) is 8.32. The number of esters is 1. The Morgan fingerprint density at radius 3 is 2.57 bits per heavy atom. The quantitative estimate of drug-likeness (QED) is 0.798. The summed E-state index contributed by atoms with van der Waals surface area (Å²) < 4.78 is 4.76. The summed E-state index contributed by atoms with van der Waals surface area (Å²) >= 11 is 0. The molecule has 0 aliphatic carbocycles. The Morgan fingerprint density at radius 1 is 1.13 bits per heavy atom. The fourth-order valence-corrected chi connectivity index (χ4v) is 2.58. The third-order valence-electron chi connectivity index (χ3n) is 3.85. The third kappa shape index (κ3) is 4.81. The van der Waals surface area contributed by atoms with E-state index in [4.69, 9.17) is 4.74 Å². The summed E-state index contributed by atoms with van der Waals surface area (Å²) in [5.74, 6) is -0.544. The van der Waals surface area contributed by atoms with Gasteiger partial charge < -0.3 is 10.1 Å². The van der Waals surface area contributed by atoms with Crippen LogP contribution < -0.4 is 5.32 Å². The Kier molecular flexibility index (Phi) is 6.15. The van der Waals surface area contributed by atoms with Gasteiger partial charge in [-0.15, -0.1) is 0 Å². The Balaban J connectivity index is 2.02. The number of rotatable bonds is 7. The van der Waals surface area contributed by atoms with Gasteiger partial charge in [0.05, 0.1) is 13.5 Å². The molecule has 23 heavy (non-hydrogen) atoms. The fraction of sp³-hybridized carbons (Fsp3) is 0.368. The molecule has 0 heterocycles. The largest absolute Gasteiger partial charge is 0.467 e. The predicted octanol–water partition coefficient (Wildman–Crippen LogP) is 3.23. The van der Waals surface area contributed by atoms with Crippen LogP contribution in [0, 0.1) is 0 Å². The maximum Gasteiger partial charge on any atom is 0.328 e. The number of hydrogen-bond donors (Lipinski definition) is 1. The van der Waals surface area contributed by atoms with Gasteiger partial charge in [0.15, 0.2) is 0 Å². The van der Waals surface area contributed by atoms with E-state index in [2.05, 4.69) is 5.32 Å². The summed E-state index contributed by atoms with van der Waals surface area (Å²) in [5, 5.41) is 5.04. The molecule has 0 unspecified atom stereocenters. The van der Waals surface area contributed by atoms with Gasteiger partial charge in [-0.3, -0.25) is 4.79 Å². The lowest BCUT2D eigenvalue weighted by Crippen LogP contribution is -2.42. The van der Waals surface area contributed by atoms with E-state index in [0.717, 1.165) is 29.2 Å². The molecule has 0 radical (unpaired) electrons. The lowest BCUT2D eigenvalue weighted by molar-refractivity contribution is -0.145. The van der Waals surface area contributed by atoms with Crippen LogP contribution in [0.3, 0.4) is 0 Å². The highest BCUT2D eigenvalue weighted by molar-refractivity contribution is 5.87. The molecular formula is C19H23NO3. The van der Waals surface area contributed by atoms with E-state index in [1.807, 2.05) is 49.4 Å². The van der Waals surface area contributed by atoms with Gasteiger partial charge in [0.1, 0.15) is 6.04 Å². The molecule has 0 aliphatic heterocycles. The van der Waals surface area contributed by atoms with Crippen LogP contribution >= 0.6 is 0 Å². The molecule has 122 valence electrons. The van der Waals surface area contributed by atoms with E-state index in [1.54, 1.807) is 0 Å². The lowest BCUT2D eigenvalue weighted by Gasteiger charge is -2.16. The molecule has 0 saturated carbocycles. The normalized spacial score (nSPS) is 11.9. The minimum atomic E-state index is -0.562. The number of benzene rings is 2. The zero-order chi connectivity index (χ0) is 16.7. The maximum absolute atomic E-state index is 12.2. The van der Waals surface area contributed by atoms with Crippen molar-refractivity contribution in [3.8, 4) is 0 Å². The van der Waals surface area contributed by atoms with E-state index in [9.17, 15) is 9.59 Å². The highest BCUT2D eigenvalue weighted by Crippen LogP contribution is 2.16. The van der Waals surface area contributed by atoms with Gasteiger partial charge in [0, 0.05) is 0 Å². The molecule has 0 fully saturated rings. The number of methoxy groups -OCH3 is 1. The summed E-state index contributed by atoms with van der Waals surface area (Å²) in [6.07, 6.45) is 2.70. The number of unbranched alkanes of at least 4 members (excludes halogenated alkanes) is 1. The minimum Gasteiger partial charge on any atom is -0.467 e. The number of carbonyl (C=O) groups excluding carboxylic acids is 2. The molecule has 1 amide bonds. The number of amides is 1. The molecule has 4 heteroatoms. The smallest absolute Gasteiger partial charge is 0.328 e. The molecule has 1 N–H and O–H groups in total. The van der Waals surface area contributed by atoms with Crippen LogP contribution in [0.2, 0.25) is 0 Å². The summed E-state index contributed by atoms with van der Waals surface area (Å²) in [6, 6.07) is 13.4. The van der Waals surface area contributed by atoms with Crippen molar-refractivity contribution in [3.63, 3.8) is 0 Å². The van der Waals surface area contributed by atoms with Crippen LogP contribution in [-0.2, 0) is 20.7 Å². The van der Waals surface area contributed by atoms with Crippen molar-refractivity contribution >= 4 is 22.6 Å². The zero-order valence-electron chi connectivity index (χ0n) is 13.7. The van der Waals surface area contributed by atoms with Crippen molar-refractivity contribution in [1.82, 2.24) is 5.32 Å². The Labute approximate surface area is 136 Å². The van der Waals surface area contributed by atoms with Crippen molar-refractivity contribution in [1.29, 1.82) is 0 Å². The molecule has 2 rings (SSSR count). The summed E-state index contributed by atoms with van der Waals surface area (Å²) in [5.41, 5.74) is 0.931. The molecule has 0 aliphatic rings. The standard InChI is InChI=1S/C19H23NO3/c1-3-4-9-17(19(22)23-2)20-18(21)13-14-10-11-15-7-5-6-8-16(15)12-14/h5-8,10-12,17H,3-4,9,13H2,1-2H3,(H,20,21)/t17-/m0/s1. The second-order valence-corrected chi connectivity index (χ2v) is 5.64. The van der Waals surface area contributed by atoms with E-state index in [-0.39, 0.29) is 18.3 Å². The number of carbonyl (C=O) groups is 2. The van der Waals surface area contributed by atoms with Gasteiger partial charge in [0.25, 0.3) is 0 Å². The van der Waals surface area contributed by atoms with Gasteiger partial charge in [-0.1, -0.05) is 62.2 Å². The van der Waals surface area contributed by atoms with Crippen molar-refractivity contribution in [2.24, 2.45) is 0 Å². The molecule has 0 spiro atoms. The monoisotopic (exact) mass is 313 g/mol. The van der Waals surface area contributed by atoms with E-state index >= 15 is 0 Å². The molecule has 0 saturated heterocycles. The molecule has 2 aromatic rings. The van der Waals surface area contributed by atoms with Gasteiger partial charge >= 0.3 is 5.97 Å². The summed E-state index contributed by atoms with van der Waals surface area (Å²) in [4.78, 5) is 24.0. The van der Waals surface area contributed by atoms with Crippen LogP contribution in [0.15, 0.2) is 42.5 Å². The number of nitrogens with one attached hydrogen (secondary N) is 1. The molecular weight excluding hydrogens is 290 g/mol. The third-order valence-corrected chi connectivity index (χ3v) is 3.85. The van der Waals surface area contributed by atoms with Gasteiger partial charge in [0.2, 0.25) is 5.91 Å². The Morgan fingerprint density at radius 2 is 1.87 bits per heavy atom. The highest BCUT2D eigenvalue weighted by Gasteiger charge is 2.20. The number of hydrogen-bond acceptors (Lipinski definition) is 3. The Bertz CT molecular complexity index is 681. The summed E-state index contributed by atoms with van der Waals surface area (Å²) in [6.45, 7) is 2.05. The van der Waals surface area contributed by atoms with Crippen LogP contribution in [0.4, 0.5) is 0 Å². The first kappa shape index (κ1) is 17.0. The average Bonchev–Trinajstić information content (AvgIpc) is 2.57. The maximum atomic E-state index is 12.2. The van der Waals surface area contributed by atoms with Crippen LogP contribution in [0.1, 0.15) is 31.7 Å². The second-order valence-electron chi connectivity index (χ2n) is 5.64. The first-order valence-electron chi connectivity index (χ1n) is 7.99. The average molecular weight is 313 g/mol. The van der Waals surface area contributed by atoms with Crippen LogP contribution in [-0.4, -0.2) is 25.0 Å². The molecule has 4 nitrogen and oxygen atoms in total. The van der Waals surface area contributed by atoms with Crippen molar-refractivity contribution in [2.45, 2.75) is 38.6 Å². The first-order valence-corrected chi connectivity index (χ1v) is 7.99. The molecule has 0 bridgehead atoms. The van der Waals surface area contributed by atoms with Gasteiger partial charge in [-0.05, 0) is 22.8 Å². The lowest BCUT2D eigenvalue weighted by atomic mass is 10.0. The number of fused-ring (bicyclic) bond motifs is 1. The Hall–Kier alpha value is -2.36. The van der Waals surface area contributed by atoms with Gasteiger partial charge in [-0.25, -0.2) is 4.79 Å². The van der Waals surface area contributed by atoms with E-state index < -0.39 is 6.04 Å².